The fourth-order valence-electron chi connectivity index (χ4n) is 1.15. The fraction of sp³-hybridized carbons (Fsp3) is 0.857. The summed E-state index contributed by atoms with van der Waals surface area (Å²) in [6.45, 7) is 2.12. The Morgan fingerprint density at radius 1 is 1.90 bits per heavy atom. The molecule has 0 aromatic rings. The lowest BCUT2D eigenvalue weighted by molar-refractivity contribution is -0.138. The van der Waals surface area contributed by atoms with E-state index in [1.807, 2.05) is 0 Å². The quantitative estimate of drug-likeness (QED) is 0.602. The van der Waals surface area contributed by atoms with Crippen LogP contribution in [0.3, 0.4) is 0 Å². The lowest BCUT2D eigenvalue weighted by atomic mass is 10.1. The highest BCUT2D eigenvalue weighted by Crippen LogP contribution is 2.40. The number of aliphatic carboxylic acids is 1. The van der Waals surface area contributed by atoms with Gasteiger partial charge in [0.2, 0.25) is 0 Å². The molecule has 3 N–H and O–H groups in total. The monoisotopic (exact) mass is 143 g/mol. The van der Waals surface area contributed by atoms with Crippen molar-refractivity contribution in [3.8, 4) is 0 Å². The first-order valence-corrected chi connectivity index (χ1v) is 3.59. The minimum absolute atomic E-state index is 0.575. The van der Waals surface area contributed by atoms with E-state index in [-0.39, 0.29) is 0 Å². The van der Waals surface area contributed by atoms with Crippen LogP contribution in [-0.2, 0) is 4.79 Å². The van der Waals surface area contributed by atoms with E-state index in [1.54, 1.807) is 0 Å². The summed E-state index contributed by atoms with van der Waals surface area (Å²) >= 11 is 0. The van der Waals surface area contributed by atoms with Gasteiger partial charge in [-0.25, -0.2) is 0 Å². The molecule has 0 radical (unpaired) electrons. The molecule has 0 aromatic heterocycles. The van der Waals surface area contributed by atoms with Gasteiger partial charge in [0.25, 0.3) is 0 Å². The summed E-state index contributed by atoms with van der Waals surface area (Å²) in [7, 11) is 0. The lowest BCUT2D eigenvalue weighted by Gasteiger charge is -2.03. The number of hydrogen-bond acceptors (Lipinski definition) is 2. The van der Waals surface area contributed by atoms with Crippen LogP contribution in [0.1, 0.15) is 19.8 Å². The molecule has 3 atom stereocenters. The lowest BCUT2D eigenvalue weighted by Crippen LogP contribution is -2.30. The molecule has 0 bridgehead atoms. The molecule has 0 spiro atoms. The van der Waals surface area contributed by atoms with Crippen molar-refractivity contribution >= 4 is 5.97 Å². The summed E-state index contributed by atoms with van der Waals surface area (Å²) in [6.07, 6.45) is 1.80. The Labute approximate surface area is 60.2 Å². The molecule has 3 nitrogen and oxygen atoms in total. The molecule has 0 aliphatic heterocycles. The highest BCUT2D eigenvalue weighted by atomic mass is 16.4. The zero-order valence-electron chi connectivity index (χ0n) is 6.08. The van der Waals surface area contributed by atoms with Crippen LogP contribution >= 0.6 is 0 Å². The zero-order chi connectivity index (χ0) is 7.72. The average molecular weight is 143 g/mol. The van der Waals surface area contributed by atoms with Crippen LogP contribution in [-0.4, -0.2) is 17.1 Å². The Balaban J connectivity index is 2.19. The maximum absolute atomic E-state index is 10.2. The SMILES string of the molecule is C[C@@H]1C[C@@H]1C[C@@H](N)C(=O)O. The second-order valence-electron chi connectivity index (χ2n) is 3.15. The predicted octanol–water partition coefficient (Wildman–Crippen LogP) is 0.444. The van der Waals surface area contributed by atoms with Crippen molar-refractivity contribution < 1.29 is 9.90 Å². The Bertz CT molecular complexity index is 147. The number of hydrogen-bond donors (Lipinski definition) is 2. The van der Waals surface area contributed by atoms with Crippen molar-refractivity contribution in [1.82, 2.24) is 0 Å². The van der Waals surface area contributed by atoms with Crippen molar-refractivity contribution in [1.29, 1.82) is 0 Å². The third-order valence-electron chi connectivity index (χ3n) is 2.15. The second kappa shape index (κ2) is 2.58. The molecule has 1 saturated carbocycles. The molecule has 58 valence electrons. The number of carboxylic acids is 1. The minimum atomic E-state index is -0.876. The van der Waals surface area contributed by atoms with Crippen LogP contribution in [0.2, 0.25) is 0 Å². The molecule has 1 aliphatic carbocycles. The van der Waals surface area contributed by atoms with Crippen LogP contribution in [0.15, 0.2) is 0 Å². The number of carbonyl (C=O) groups is 1. The molecule has 10 heavy (non-hydrogen) atoms. The summed E-state index contributed by atoms with van der Waals surface area (Å²) in [5.41, 5.74) is 5.32. The number of rotatable bonds is 3. The van der Waals surface area contributed by atoms with Gasteiger partial charge in [0.15, 0.2) is 0 Å². The Morgan fingerprint density at radius 2 is 2.40 bits per heavy atom. The van der Waals surface area contributed by atoms with Crippen molar-refractivity contribution in [2.45, 2.75) is 25.8 Å². The van der Waals surface area contributed by atoms with Crippen molar-refractivity contribution in [2.24, 2.45) is 17.6 Å². The van der Waals surface area contributed by atoms with E-state index in [9.17, 15) is 4.79 Å². The van der Waals surface area contributed by atoms with Crippen LogP contribution in [0.25, 0.3) is 0 Å². The summed E-state index contributed by atoms with van der Waals surface area (Å²) < 4.78 is 0. The maximum atomic E-state index is 10.2. The summed E-state index contributed by atoms with van der Waals surface area (Å²) in [5.74, 6) is 0.399. The minimum Gasteiger partial charge on any atom is -0.480 e. The maximum Gasteiger partial charge on any atom is 0.320 e. The van der Waals surface area contributed by atoms with E-state index in [2.05, 4.69) is 6.92 Å². The molecule has 0 unspecified atom stereocenters. The molecule has 0 aromatic carbocycles. The molecule has 1 fully saturated rings. The average Bonchev–Trinajstić information content (AvgIpc) is 2.46. The van der Waals surface area contributed by atoms with Gasteiger partial charge in [-0.2, -0.15) is 0 Å². The fourth-order valence-corrected chi connectivity index (χ4v) is 1.15. The first kappa shape index (κ1) is 7.54. The molecule has 0 amide bonds. The van der Waals surface area contributed by atoms with Gasteiger partial charge >= 0.3 is 5.97 Å². The summed E-state index contributed by atoms with van der Waals surface area (Å²) in [6, 6.07) is -0.644. The third kappa shape index (κ3) is 1.70. The standard InChI is InChI=1S/C7H13NO2/c1-4-2-5(4)3-6(8)7(9)10/h4-6H,2-3,8H2,1H3,(H,9,10)/t4-,5-,6-/m1/s1. The van der Waals surface area contributed by atoms with Crippen LogP contribution in [0.5, 0.6) is 0 Å². The molecule has 1 rings (SSSR count). The zero-order valence-corrected chi connectivity index (χ0v) is 6.08. The Kier molecular flexibility index (Phi) is 1.94. The molecule has 0 saturated heterocycles. The summed E-state index contributed by atoms with van der Waals surface area (Å²) in [4.78, 5) is 10.2. The van der Waals surface area contributed by atoms with Gasteiger partial charge < -0.3 is 10.8 Å². The second-order valence-corrected chi connectivity index (χ2v) is 3.15. The highest BCUT2D eigenvalue weighted by molar-refractivity contribution is 5.73. The normalized spacial score (nSPS) is 33.4. The van der Waals surface area contributed by atoms with E-state index >= 15 is 0 Å². The van der Waals surface area contributed by atoms with Gasteiger partial charge in [0.05, 0.1) is 0 Å². The largest absolute Gasteiger partial charge is 0.480 e. The molecular weight excluding hydrogens is 130 g/mol. The smallest absolute Gasteiger partial charge is 0.320 e. The number of carboxylic acid groups (broad SMARTS) is 1. The van der Waals surface area contributed by atoms with Crippen LogP contribution < -0.4 is 5.73 Å². The van der Waals surface area contributed by atoms with Gasteiger partial charge in [-0.1, -0.05) is 6.92 Å². The summed E-state index contributed by atoms with van der Waals surface area (Å²) in [5, 5.41) is 8.42. The van der Waals surface area contributed by atoms with Crippen LogP contribution in [0, 0.1) is 11.8 Å². The van der Waals surface area contributed by atoms with E-state index < -0.39 is 12.0 Å². The van der Waals surface area contributed by atoms with E-state index in [4.69, 9.17) is 10.8 Å². The Hall–Kier alpha value is -0.570. The van der Waals surface area contributed by atoms with Gasteiger partial charge in [-0.05, 0) is 24.7 Å². The molecule has 1 aliphatic rings. The van der Waals surface area contributed by atoms with Crippen molar-refractivity contribution in [3.05, 3.63) is 0 Å². The van der Waals surface area contributed by atoms with E-state index in [1.165, 1.54) is 0 Å². The van der Waals surface area contributed by atoms with Gasteiger partial charge in [0, 0.05) is 0 Å². The first-order valence-electron chi connectivity index (χ1n) is 3.59. The number of nitrogens with two attached hydrogens (primary N) is 1. The van der Waals surface area contributed by atoms with Gasteiger partial charge in [-0.3, -0.25) is 4.79 Å². The topological polar surface area (TPSA) is 63.3 Å². The van der Waals surface area contributed by atoms with Gasteiger partial charge in [-0.15, -0.1) is 0 Å². The predicted molar refractivity (Wildman–Crippen MR) is 37.5 cm³/mol. The molecule has 0 heterocycles. The third-order valence-corrected chi connectivity index (χ3v) is 2.15. The van der Waals surface area contributed by atoms with Gasteiger partial charge in [0.1, 0.15) is 6.04 Å². The van der Waals surface area contributed by atoms with Crippen LogP contribution in [0.4, 0.5) is 0 Å². The molecular formula is C7H13NO2. The first-order chi connectivity index (χ1) is 4.61. The van der Waals surface area contributed by atoms with E-state index in [0.717, 1.165) is 6.42 Å². The Morgan fingerprint density at radius 3 is 2.70 bits per heavy atom. The molecule has 3 heteroatoms. The van der Waals surface area contributed by atoms with E-state index in [0.29, 0.717) is 18.3 Å². The van der Waals surface area contributed by atoms with Crippen molar-refractivity contribution in [2.75, 3.05) is 0 Å². The van der Waals surface area contributed by atoms with Crippen molar-refractivity contribution in [3.63, 3.8) is 0 Å². The highest BCUT2D eigenvalue weighted by Gasteiger charge is 2.35.